The number of amides is 1. The van der Waals surface area contributed by atoms with Crippen LogP contribution in [0.25, 0.3) is 0 Å². The zero-order chi connectivity index (χ0) is 15.4. The summed E-state index contributed by atoms with van der Waals surface area (Å²) < 4.78 is 0. The Morgan fingerprint density at radius 2 is 1.81 bits per heavy atom. The minimum absolute atomic E-state index is 0.162. The molecule has 4 nitrogen and oxygen atoms in total. The second kappa shape index (κ2) is 6.41. The van der Waals surface area contributed by atoms with Gasteiger partial charge in [0, 0.05) is 17.8 Å². The molecule has 0 aliphatic carbocycles. The Balaban J connectivity index is 1.97. The largest absolute Gasteiger partial charge is 0.399 e. The molecule has 2 aromatic rings. The van der Waals surface area contributed by atoms with E-state index in [1.54, 1.807) is 30.3 Å². The summed E-state index contributed by atoms with van der Waals surface area (Å²) in [4.78, 5) is 12.1. The van der Waals surface area contributed by atoms with Crippen molar-refractivity contribution in [1.29, 1.82) is 0 Å². The molecule has 1 amide bonds. The van der Waals surface area contributed by atoms with Crippen molar-refractivity contribution in [2.24, 2.45) is 0 Å². The minimum Gasteiger partial charge on any atom is -0.399 e. The number of hydrogen-bond acceptors (Lipinski definition) is 3. The molecule has 0 radical (unpaired) electrons. The van der Waals surface area contributed by atoms with E-state index in [0.717, 1.165) is 16.7 Å². The molecule has 0 heterocycles. The molecule has 0 spiro atoms. The van der Waals surface area contributed by atoms with Crippen molar-refractivity contribution in [3.63, 3.8) is 0 Å². The Bertz CT molecular complexity index is 636. The van der Waals surface area contributed by atoms with Crippen molar-refractivity contribution in [3.05, 3.63) is 64.7 Å². The summed E-state index contributed by atoms with van der Waals surface area (Å²) in [7, 11) is 0. The van der Waals surface area contributed by atoms with E-state index in [1.165, 1.54) is 0 Å². The topological polar surface area (TPSA) is 75.3 Å². The van der Waals surface area contributed by atoms with E-state index in [2.05, 4.69) is 5.32 Å². The summed E-state index contributed by atoms with van der Waals surface area (Å²) in [6, 6.07) is 12.5. The van der Waals surface area contributed by atoms with Crippen LogP contribution < -0.4 is 11.1 Å². The number of carbonyl (C=O) groups excluding carboxylic acids is 1. The molecule has 0 fully saturated rings. The number of aryl methyl sites for hydroxylation is 2. The molecule has 4 heteroatoms. The third-order valence-corrected chi connectivity index (χ3v) is 3.55. The lowest BCUT2D eigenvalue weighted by atomic mass is 10.1. The van der Waals surface area contributed by atoms with Crippen LogP contribution in [0.1, 0.15) is 33.2 Å². The second-order valence-electron chi connectivity index (χ2n) is 5.19. The van der Waals surface area contributed by atoms with Crippen molar-refractivity contribution in [2.45, 2.75) is 20.0 Å². The molecule has 21 heavy (non-hydrogen) atoms. The number of anilines is 1. The first-order chi connectivity index (χ1) is 9.97. The number of hydrogen-bond donors (Lipinski definition) is 3. The number of aliphatic hydroxyl groups excluding tert-OH is 1. The number of nitrogen functional groups attached to an aromatic ring is 1. The van der Waals surface area contributed by atoms with Crippen LogP contribution in [-0.4, -0.2) is 17.6 Å². The Labute approximate surface area is 124 Å². The number of nitrogens with one attached hydrogen (secondary N) is 1. The summed E-state index contributed by atoms with van der Waals surface area (Å²) in [6.45, 7) is 4.13. The molecule has 0 aromatic heterocycles. The predicted molar refractivity (Wildman–Crippen MR) is 84.1 cm³/mol. The highest BCUT2D eigenvalue weighted by molar-refractivity contribution is 5.94. The third kappa shape index (κ3) is 3.83. The summed E-state index contributed by atoms with van der Waals surface area (Å²) in [6.07, 6.45) is -0.749. The highest BCUT2D eigenvalue weighted by Crippen LogP contribution is 2.14. The number of aliphatic hydroxyl groups is 1. The molecule has 0 aliphatic heterocycles. The van der Waals surface area contributed by atoms with Gasteiger partial charge in [0.1, 0.15) is 0 Å². The molecule has 2 rings (SSSR count). The zero-order valence-electron chi connectivity index (χ0n) is 12.3. The number of nitrogens with two attached hydrogens (primary N) is 1. The molecular formula is C17H20N2O2. The summed E-state index contributed by atoms with van der Waals surface area (Å²) in [5.74, 6) is -0.187. The highest BCUT2D eigenvalue weighted by atomic mass is 16.3. The fraction of sp³-hybridized carbons (Fsp3) is 0.235. The second-order valence-corrected chi connectivity index (χ2v) is 5.19. The average Bonchev–Trinajstić information content (AvgIpc) is 2.48. The van der Waals surface area contributed by atoms with Gasteiger partial charge in [-0.15, -0.1) is 0 Å². The van der Waals surface area contributed by atoms with Gasteiger partial charge in [0.15, 0.2) is 0 Å². The Hall–Kier alpha value is -2.33. The lowest BCUT2D eigenvalue weighted by Gasteiger charge is -2.13. The molecule has 2 aromatic carbocycles. The average molecular weight is 284 g/mol. The maximum atomic E-state index is 12.1. The quantitative estimate of drug-likeness (QED) is 0.754. The van der Waals surface area contributed by atoms with Gasteiger partial charge in [0.25, 0.3) is 5.91 Å². The van der Waals surface area contributed by atoms with Crippen LogP contribution in [0.4, 0.5) is 5.69 Å². The maximum absolute atomic E-state index is 12.1. The summed E-state index contributed by atoms with van der Waals surface area (Å²) in [5, 5.41) is 12.8. The van der Waals surface area contributed by atoms with Crippen LogP contribution in [-0.2, 0) is 0 Å². The normalized spacial score (nSPS) is 12.0. The monoisotopic (exact) mass is 284 g/mol. The van der Waals surface area contributed by atoms with E-state index in [1.807, 2.05) is 26.0 Å². The van der Waals surface area contributed by atoms with Gasteiger partial charge in [0.05, 0.1) is 6.10 Å². The number of carbonyl (C=O) groups is 1. The fourth-order valence-electron chi connectivity index (χ4n) is 2.01. The molecule has 4 N–H and O–H groups in total. The summed E-state index contributed by atoms with van der Waals surface area (Å²) in [5.41, 5.74) is 9.79. The fourth-order valence-corrected chi connectivity index (χ4v) is 2.01. The van der Waals surface area contributed by atoms with Crippen LogP contribution in [0.3, 0.4) is 0 Å². The van der Waals surface area contributed by atoms with Crippen molar-refractivity contribution >= 4 is 11.6 Å². The first-order valence-electron chi connectivity index (χ1n) is 6.86. The molecule has 1 atom stereocenters. The van der Waals surface area contributed by atoms with Gasteiger partial charge in [0.2, 0.25) is 0 Å². The van der Waals surface area contributed by atoms with Gasteiger partial charge in [-0.2, -0.15) is 0 Å². The van der Waals surface area contributed by atoms with Crippen molar-refractivity contribution < 1.29 is 9.90 Å². The van der Waals surface area contributed by atoms with E-state index in [-0.39, 0.29) is 12.5 Å². The first kappa shape index (κ1) is 15.1. The van der Waals surface area contributed by atoms with Crippen LogP contribution >= 0.6 is 0 Å². The molecular weight excluding hydrogens is 264 g/mol. The van der Waals surface area contributed by atoms with Crippen molar-refractivity contribution in [3.8, 4) is 0 Å². The minimum atomic E-state index is -0.749. The Morgan fingerprint density at radius 1 is 1.14 bits per heavy atom. The molecule has 0 saturated heterocycles. The predicted octanol–water partition coefficient (Wildman–Crippen LogP) is 2.35. The Morgan fingerprint density at radius 3 is 2.43 bits per heavy atom. The van der Waals surface area contributed by atoms with Crippen LogP contribution in [0, 0.1) is 13.8 Å². The van der Waals surface area contributed by atoms with Crippen molar-refractivity contribution in [1.82, 2.24) is 5.32 Å². The molecule has 1 unspecified atom stereocenters. The van der Waals surface area contributed by atoms with Gasteiger partial charge in [-0.1, -0.05) is 18.2 Å². The van der Waals surface area contributed by atoms with Crippen LogP contribution in [0.5, 0.6) is 0 Å². The zero-order valence-corrected chi connectivity index (χ0v) is 12.3. The molecule has 0 bridgehead atoms. The van der Waals surface area contributed by atoms with E-state index >= 15 is 0 Å². The highest BCUT2D eigenvalue weighted by Gasteiger charge is 2.11. The van der Waals surface area contributed by atoms with E-state index in [4.69, 9.17) is 5.73 Å². The van der Waals surface area contributed by atoms with Crippen LogP contribution in [0.15, 0.2) is 42.5 Å². The smallest absolute Gasteiger partial charge is 0.251 e. The Kier molecular flexibility index (Phi) is 4.60. The molecule has 110 valence electrons. The first-order valence-corrected chi connectivity index (χ1v) is 6.86. The maximum Gasteiger partial charge on any atom is 0.251 e. The molecule has 0 aliphatic rings. The van der Waals surface area contributed by atoms with E-state index < -0.39 is 6.10 Å². The van der Waals surface area contributed by atoms with Crippen LogP contribution in [0.2, 0.25) is 0 Å². The van der Waals surface area contributed by atoms with Gasteiger partial charge >= 0.3 is 0 Å². The number of rotatable bonds is 4. The number of benzene rings is 2. The lowest BCUT2D eigenvalue weighted by Crippen LogP contribution is -2.28. The van der Waals surface area contributed by atoms with Gasteiger partial charge in [-0.25, -0.2) is 0 Å². The standard InChI is InChI=1S/C17H20N2O2/c1-11-3-4-14(9-12(11)2)17(21)19-10-16(20)13-5-7-15(18)8-6-13/h3-9,16,20H,10,18H2,1-2H3,(H,19,21). The van der Waals surface area contributed by atoms with Crippen molar-refractivity contribution in [2.75, 3.05) is 12.3 Å². The summed E-state index contributed by atoms with van der Waals surface area (Å²) >= 11 is 0. The van der Waals surface area contributed by atoms with E-state index in [9.17, 15) is 9.90 Å². The van der Waals surface area contributed by atoms with Gasteiger partial charge in [-0.05, 0) is 54.8 Å². The third-order valence-electron chi connectivity index (χ3n) is 3.55. The van der Waals surface area contributed by atoms with Gasteiger partial charge in [-0.3, -0.25) is 4.79 Å². The van der Waals surface area contributed by atoms with Gasteiger partial charge < -0.3 is 16.2 Å². The molecule has 0 saturated carbocycles. The lowest BCUT2D eigenvalue weighted by molar-refractivity contribution is 0.0916. The van der Waals surface area contributed by atoms with E-state index in [0.29, 0.717) is 11.3 Å². The SMILES string of the molecule is Cc1ccc(C(=O)NCC(O)c2ccc(N)cc2)cc1C.